The predicted octanol–water partition coefficient (Wildman–Crippen LogP) is 1.99. The number of hydrogen-bond donors (Lipinski definition) is 2. The minimum Gasteiger partial charge on any atom is -0.384 e. The van der Waals surface area contributed by atoms with E-state index in [2.05, 4.69) is 32.6 Å². The van der Waals surface area contributed by atoms with Crippen LogP contribution in [0.3, 0.4) is 0 Å². The highest BCUT2D eigenvalue weighted by Crippen LogP contribution is 2.41. The van der Waals surface area contributed by atoms with Gasteiger partial charge in [-0.1, -0.05) is 57.0 Å². The maximum absolute atomic E-state index is 11.2. The molecular weight excluding hydrogens is 258 g/mol. The van der Waals surface area contributed by atoms with Crippen molar-refractivity contribution in [3.8, 4) is 11.8 Å². The summed E-state index contributed by atoms with van der Waals surface area (Å²) in [7, 11) is 0. The Morgan fingerprint density at radius 2 is 1.67 bits per heavy atom. The molecule has 1 aromatic rings. The lowest BCUT2D eigenvalue weighted by Gasteiger charge is -2.39. The second kappa shape index (κ2) is 6.64. The molecule has 1 fully saturated rings. The van der Waals surface area contributed by atoms with Gasteiger partial charge in [0, 0.05) is 19.3 Å². The first-order valence-electron chi connectivity index (χ1n) is 8.01. The highest BCUT2D eigenvalue weighted by Gasteiger charge is 2.40. The lowest BCUT2D eigenvalue weighted by Crippen LogP contribution is -3.09. The standard InChI is InChI=1S/C19H27NO/c1-18(2,3)19(21,17-11-5-4-6-12-17)13-7-8-14-20-15-9-10-16-20/h4-6,11-12,21H,9-10,13-16H2,1-3H3/p+1/t19-/m0/s1. The molecule has 0 unspecified atom stereocenters. The molecular formula is C19H28NO+. The van der Waals surface area contributed by atoms with Gasteiger partial charge in [0.1, 0.15) is 12.1 Å². The van der Waals surface area contributed by atoms with Crippen LogP contribution in [0, 0.1) is 17.3 Å². The lowest BCUT2D eigenvalue weighted by atomic mass is 9.70. The Balaban J connectivity index is 2.09. The summed E-state index contributed by atoms with van der Waals surface area (Å²) in [5.41, 5.74) is -0.189. The molecule has 2 rings (SSSR count). The van der Waals surface area contributed by atoms with E-state index >= 15 is 0 Å². The van der Waals surface area contributed by atoms with Gasteiger partial charge in [0.25, 0.3) is 0 Å². The Kier molecular flexibility index (Phi) is 5.08. The molecule has 0 amide bonds. The van der Waals surface area contributed by atoms with Gasteiger partial charge in [-0.15, -0.1) is 0 Å². The Hall–Kier alpha value is -1.30. The molecule has 0 saturated carbocycles. The highest BCUT2D eigenvalue weighted by molar-refractivity contribution is 5.27. The fraction of sp³-hybridized carbons (Fsp3) is 0.579. The first-order valence-corrected chi connectivity index (χ1v) is 8.01. The number of likely N-dealkylation sites (tertiary alicyclic amines) is 1. The number of nitrogens with one attached hydrogen (secondary N) is 1. The van der Waals surface area contributed by atoms with E-state index in [1.54, 1.807) is 4.90 Å². The summed E-state index contributed by atoms with van der Waals surface area (Å²) in [4.78, 5) is 1.58. The Morgan fingerprint density at radius 3 is 2.24 bits per heavy atom. The molecule has 0 spiro atoms. The van der Waals surface area contributed by atoms with E-state index in [9.17, 15) is 5.11 Å². The van der Waals surface area contributed by atoms with Gasteiger partial charge >= 0.3 is 0 Å². The quantitative estimate of drug-likeness (QED) is 0.816. The number of quaternary nitrogens is 1. The molecule has 1 atom stereocenters. The zero-order valence-electron chi connectivity index (χ0n) is 13.6. The maximum atomic E-state index is 11.2. The van der Waals surface area contributed by atoms with Gasteiger partial charge in [0.2, 0.25) is 0 Å². The SMILES string of the molecule is CC(C)(C)[C@](O)(CC#CC[NH+]1CCCC1)c1ccccc1. The molecule has 114 valence electrons. The topological polar surface area (TPSA) is 24.7 Å². The van der Waals surface area contributed by atoms with E-state index in [-0.39, 0.29) is 5.41 Å². The Morgan fingerprint density at radius 1 is 1.05 bits per heavy atom. The van der Waals surface area contributed by atoms with Crippen molar-refractivity contribution in [1.29, 1.82) is 0 Å². The number of benzene rings is 1. The zero-order chi connectivity index (χ0) is 15.3. The second-order valence-electron chi connectivity index (χ2n) is 7.14. The van der Waals surface area contributed by atoms with E-state index in [0.717, 1.165) is 12.1 Å². The van der Waals surface area contributed by atoms with E-state index < -0.39 is 5.60 Å². The van der Waals surface area contributed by atoms with Gasteiger partial charge in [-0.2, -0.15) is 0 Å². The van der Waals surface area contributed by atoms with Crippen LogP contribution >= 0.6 is 0 Å². The molecule has 1 aromatic carbocycles. The predicted molar refractivity (Wildman–Crippen MR) is 87.0 cm³/mol. The van der Waals surface area contributed by atoms with E-state index in [0.29, 0.717) is 6.42 Å². The van der Waals surface area contributed by atoms with Crippen molar-refractivity contribution in [3.05, 3.63) is 35.9 Å². The van der Waals surface area contributed by atoms with Crippen LogP contribution in [0.1, 0.15) is 45.6 Å². The first-order chi connectivity index (χ1) is 9.93. The van der Waals surface area contributed by atoms with Crippen LogP contribution < -0.4 is 4.90 Å². The smallest absolute Gasteiger partial charge is 0.139 e. The summed E-state index contributed by atoms with van der Waals surface area (Å²) in [6.45, 7) is 9.64. The van der Waals surface area contributed by atoms with Crippen molar-refractivity contribution >= 4 is 0 Å². The van der Waals surface area contributed by atoms with E-state index in [4.69, 9.17) is 0 Å². The van der Waals surface area contributed by atoms with Crippen LogP contribution in [0.25, 0.3) is 0 Å². The molecule has 1 aliphatic heterocycles. The molecule has 1 aliphatic rings. The van der Waals surface area contributed by atoms with Gasteiger partial charge in [0.05, 0.1) is 13.1 Å². The molecule has 0 radical (unpaired) electrons. The molecule has 21 heavy (non-hydrogen) atoms. The molecule has 2 N–H and O–H groups in total. The average molecular weight is 286 g/mol. The Labute approximate surface area is 129 Å². The van der Waals surface area contributed by atoms with Crippen molar-refractivity contribution in [1.82, 2.24) is 0 Å². The van der Waals surface area contributed by atoms with Crippen molar-refractivity contribution in [2.75, 3.05) is 19.6 Å². The van der Waals surface area contributed by atoms with Gasteiger partial charge in [0.15, 0.2) is 0 Å². The van der Waals surface area contributed by atoms with Crippen molar-refractivity contribution in [3.63, 3.8) is 0 Å². The van der Waals surface area contributed by atoms with Crippen LogP contribution in [0.4, 0.5) is 0 Å². The van der Waals surface area contributed by atoms with Gasteiger partial charge < -0.3 is 10.0 Å². The number of rotatable bonds is 3. The highest BCUT2D eigenvalue weighted by atomic mass is 16.3. The summed E-state index contributed by atoms with van der Waals surface area (Å²) >= 11 is 0. The summed E-state index contributed by atoms with van der Waals surface area (Å²) < 4.78 is 0. The largest absolute Gasteiger partial charge is 0.384 e. The minimum absolute atomic E-state index is 0.246. The van der Waals surface area contributed by atoms with Crippen molar-refractivity contribution in [2.24, 2.45) is 5.41 Å². The fourth-order valence-electron chi connectivity index (χ4n) is 2.94. The molecule has 0 bridgehead atoms. The third kappa shape index (κ3) is 3.87. The molecule has 1 saturated heterocycles. The number of aliphatic hydroxyl groups is 1. The monoisotopic (exact) mass is 286 g/mol. The summed E-state index contributed by atoms with van der Waals surface area (Å²) in [5.74, 6) is 6.51. The van der Waals surface area contributed by atoms with E-state index in [1.165, 1.54) is 25.9 Å². The summed E-state index contributed by atoms with van der Waals surface area (Å²) in [5, 5.41) is 11.2. The summed E-state index contributed by atoms with van der Waals surface area (Å²) in [6, 6.07) is 9.94. The maximum Gasteiger partial charge on any atom is 0.139 e. The van der Waals surface area contributed by atoms with Crippen LogP contribution in [-0.2, 0) is 5.60 Å². The van der Waals surface area contributed by atoms with Crippen LogP contribution in [0.15, 0.2) is 30.3 Å². The Bertz CT molecular complexity index is 500. The normalized spacial score (nSPS) is 18.9. The fourth-order valence-corrected chi connectivity index (χ4v) is 2.94. The third-order valence-corrected chi connectivity index (χ3v) is 4.61. The van der Waals surface area contributed by atoms with Crippen LogP contribution in [0.2, 0.25) is 0 Å². The van der Waals surface area contributed by atoms with Crippen LogP contribution in [-0.4, -0.2) is 24.7 Å². The van der Waals surface area contributed by atoms with Crippen molar-refractivity contribution < 1.29 is 10.0 Å². The minimum atomic E-state index is -0.901. The summed E-state index contributed by atoms with van der Waals surface area (Å²) in [6.07, 6.45) is 3.15. The van der Waals surface area contributed by atoms with Gasteiger partial charge in [-0.25, -0.2) is 0 Å². The van der Waals surface area contributed by atoms with Crippen molar-refractivity contribution in [2.45, 2.75) is 45.6 Å². The molecule has 2 nitrogen and oxygen atoms in total. The molecule has 0 aliphatic carbocycles. The second-order valence-corrected chi connectivity index (χ2v) is 7.14. The third-order valence-electron chi connectivity index (χ3n) is 4.61. The van der Waals surface area contributed by atoms with E-state index in [1.807, 2.05) is 30.3 Å². The number of hydrogen-bond acceptors (Lipinski definition) is 1. The van der Waals surface area contributed by atoms with Gasteiger partial charge in [-0.05, 0) is 16.9 Å². The van der Waals surface area contributed by atoms with Crippen LogP contribution in [0.5, 0.6) is 0 Å². The molecule has 1 heterocycles. The first kappa shape index (κ1) is 16.1. The van der Waals surface area contributed by atoms with Gasteiger partial charge in [-0.3, -0.25) is 0 Å². The molecule has 0 aromatic heterocycles. The zero-order valence-corrected chi connectivity index (χ0v) is 13.6. The average Bonchev–Trinajstić information content (AvgIpc) is 2.96. The molecule has 2 heteroatoms. The lowest BCUT2D eigenvalue weighted by molar-refractivity contribution is -0.879.